The van der Waals surface area contributed by atoms with Crippen LogP contribution >= 0.6 is 15.9 Å². The number of ether oxygens (including phenoxy) is 2. The summed E-state index contributed by atoms with van der Waals surface area (Å²) >= 11 is 3.53. The first-order valence-corrected chi connectivity index (χ1v) is 10.6. The van der Waals surface area contributed by atoms with Crippen molar-refractivity contribution < 1.29 is 14.3 Å². The van der Waals surface area contributed by atoms with Crippen LogP contribution in [0.2, 0.25) is 0 Å². The fourth-order valence-electron chi connectivity index (χ4n) is 3.95. The average molecular weight is 462 g/mol. The van der Waals surface area contributed by atoms with Gasteiger partial charge in [0.05, 0.1) is 11.1 Å². The van der Waals surface area contributed by atoms with E-state index >= 15 is 0 Å². The standard InChI is InChI=1S/C25H20BrNO3/c1-16-11-21-19(14-27(15-29-21)13-17-7-3-2-4-8-17)25-23(16)24(28)22(30-25)12-18-9-5-6-10-20(18)26/h2-12H,13-15H2,1H3/b22-12-. The van der Waals surface area contributed by atoms with Crippen molar-refractivity contribution in [3.8, 4) is 11.5 Å². The van der Waals surface area contributed by atoms with Gasteiger partial charge in [0.15, 0.2) is 5.76 Å². The maximum absolute atomic E-state index is 13.1. The van der Waals surface area contributed by atoms with Crippen LogP contribution in [0.25, 0.3) is 6.08 Å². The number of rotatable bonds is 3. The third-order valence-corrected chi connectivity index (χ3v) is 6.15. The quantitative estimate of drug-likeness (QED) is 0.467. The SMILES string of the molecule is Cc1cc2c(c3c1C(=O)/C(=C/c1ccccc1Br)O3)CN(Cc1ccccc1)CO2. The first-order valence-electron chi connectivity index (χ1n) is 9.84. The third kappa shape index (κ3) is 3.44. The molecule has 2 aliphatic heterocycles. The number of hydrogen-bond donors (Lipinski definition) is 0. The Labute approximate surface area is 183 Å². The number of benzene rings is 3. The highest BCUT2D eigenvalue weighted by Gasteiger charge is 2.35. The van der Waals surface area contributed by atoms with E-state index in [1.165, 1.54) is 5.56 Å². The summed E-state index contributed by atoms with van der Waals surface area (Å²) in [4.78, 5) is 15.3. The molecule has 0 saturated heterocycles. The van der Waals surface area contributed by atoms with Gasteiger partial charge in [-0.15, -0.1) is 0 Å². The minimum atomic E-state index is -0.0822. The summed E-state index contributed by atoms with van der Waals surface area (Å²) in [5, 5.41) is 0. The van der Waals surface area contributed by atoms with Gasteiger partial charge in [-0.2, -0.15) is 0 Å². The predicted molar refractivity (Wildman–Crippen MR) is 119 cm³/mol. The van der Waals surface area contributed by atoms with Crippen LogP contribution < -0.4 is 9.47 Å². The molecule has 0 spiro atoms. The Kier molecular flexibility index (Phi) is 4.93. The van der Waals surface area contributed by atoms with Crippen molar-refractivity contribution in [3.05, 3.63) is 98.7 Å². The van der Waals surface area contributed by atoms with E-state index in [4.69, 9.17) is 9.47 Å². The molecule has 0 bridgehead atoms. The number of fused-ring (bicyclic) bond motifs is 3. The van der Waals surface area contributed by atoms with Gasteiger partial charge in [0.1, 0.15) is 18.2 Å². The van der Waals surface area contributed by atoms with Gasteiger partial charge in [0.2, 0.25) is 5.78 Å². The average Bonchev–Trinajstić information content (AvgIpc) is 3.08. The second-order valence-electron chi connectivity index (χ2n) is 7.58. The summed E-state index contributed by atoms with van der Waals surface area (Å²) in [5.41, 5.74) is 4.57. The molecule has 3 aromatic rings. The van der Waals surface area contributed by atoms with Crippen molar-refractivity contribution in [2.75, 3.05) is 6.73 Å². The Balaban J connectivity index is 1.49. The lowest BCUT2D eigenvalue weighted by molar-refractivity contribution is 0.0872. The Morgan fingerprint density at radius 3 is 2.67 bits per heavy atom. The molecule has 5 rings (SSSR count). The Hall–Kier alpha value is -2.89. The normalized spacial score (nSPS) is 16.7. The molecule has 2 heterocycles. The first-order chi connectivity index (χ1) is 14.6. The van der Waals surface area contributed by atoms with Crippen molar-refractivity contribution in [2.24, 2.45) is 0 Å². The van der Waals surface area contributed by atoms with Crippen LogP contribution in [-0.4, -0.2) is 17.4 Å². The van der Waals surface area contributed by atoms with Crippen LogP contribution in [0.1, 0.15) is 32.6 Å². The second kappa shape index (κ2) is 7.74. The molecule has 2 aliphatic rings. The van der Waals surface area contributed by atoms with Crippen molar-refractivity contribution in [1.29, 1.82) is 0 Å². The molecule has 5 heteroatoms. The smallest absolute Gasteiger partial charge is 0.232 e. The molecule has 4 nitrogen and oxygen atoms in total. The maximum Gasteiger partial charge on any atom is 0.232 e. The van der Waals surface area contributed by atoms with Crippen LogP contribution in [0, 0.1) is 6.92 Å². The Morgan fingerprint density at radius 1 is 1.10 bits per heavy atom. The summed E-state index contributed by atoms with van der Waals surface area (Å²) in [6, 6.07) is 20.0. The first kappa shape index (κ1) is 19.1. The van der Waals surface area contributed by atoms with Gasteiger partial charge >= 0.3 is 0 Å². The molecule has 0 atom stereocenters. The maximum atomic E-state index is 13.1. The van der Waals surface area contributed by atoms with E-state index in [1.54, 1.807) is 6.08 Å². The van der Waals surface area contributed by atoms with Gasteiger partial charge in [0, 0.05) is 17.6 Å². The van der Waals surface area contributed by atoms with E-state index in [0.29, 0.717) is 30.3 Å². The van der Waals surface area contributed by atoms with Crippen LogP contribution in [-0.2, 0) is 13.1 Å². The van der Waals surface area contributed by atoms with E-state index in [-0.39, 0.29) is 5.78 Å². The summed E-state index contributed by atoms with van der Waals surface area (Å²) in [6.07, 6.45) is 1.80. The number of halogens is 1. The van der Waals surface area contributed by atoms with Gasteiger partial charge in [-0.05, 0) is 41.8 Å². The number of ketones is 1. The van der Waals surface area contributed by atoms with Crippen LogP contribution in [0.4, 0.5) is 0 Å². The zero-order valence-electron chi connectivity index (χ0n) is 16.5. The summed E-state index contributed by atoms with van der Waals surface area (Å²) < 4.78 is 13.1. The minimum absolute atomic E-state index is 0.0822. The number of carbonyl (C=O) groups excluding carboxylic acids is 1. The van der Waals surface area contributed by atoms with E-state index in [1.807, 2.05) is 55.5 Å². The molecule has 0 radical (unpaired) electrons. The highest BCUT2D eigenvalue weighted by atomic mass is 79.9. The van der Waals surface area contributed by atoms with E-state index in [2.05, 4.69) is 33.0 Å². The van der Waals surface area contributed by atoms with Gasteiger partial charge in [-0.1, -0.05) is 64.5 Å². The zero-order chi connectivity index (χ0) is 20.7. The fourth-order valence-corrected chi connectivity index (χ4v) is 4.35. The molecule has 0 fully saturated rings. The Morgan fingerprint density at radius 2 is 1.87 bits per heavy atom. The van der Waals surface area contributed by atoms with Crippen molar-refractivity contribution in [2.45, 2.75) is 20.0 Å². The molecular weight excluding hydrogens is 442 g/mol. The highest BCUT2D eigenvalue weighted by Crippen LogP contribution is 2.44. The van der Waals surface area contributed by atoms with E-state index in [9.17, 15) is 4.79 Å². The zero-order valence-corrected chi connectivity index (χ0v) is 18.1. The molecule has 0 saturated carbocycles. The molecule has 30 heavy (non-hydrogen) atoms. The van der Waals surface area contributed by atoms with Gasteiger partial charge < -0.3 is 9.47 Å². The van der Waals surface area contributed by atoms with E-state index < -0.39 is 0 Å². The van der Waals surface area contributed by atoms with Gasteiger partial charge in [-0.25, -0.2) is 0 Å². The molecule has 0 aromatic heterocycles. The molecular formula is C25H20BrNO3. The summed E-state index contributed by atoms with van der Waals surface area (Å²) in [7, 11) is 0. The van der Waals surface area contributed by atoms with Crippen LogP contribution in [0.15, 0.2) is 70.9 Å². The Bertz CT molecular complexity index is 1170. The molecule has 3 aromatic carbocycles. The third-order valence-electron chi connectivity index (χ3n) is 5.43. The van der Waals surface area contributed by atoms with Crippen LogP contribution in [0.3, 0.4) is 0 Å². The van der Waals surface area contributed by atoms with Gasteiger partial charge in [-0.3, -0.25) is 9.69 Å². The lowest BCUT2D eigenvalue weighted by Gasteiger charge is -2.30. The van der Waals surface area contributed by atoms with Crippen LogP contribution in [0.5, 0.6) is 11.5 Å². The lowest BCUT2D eigenvalue weighted by atomic mass is 9.98. The number of nitrogens with zero attached hydrogens (tertiary/aromatic N) is 1. The number of carbonyl (C=O) groups is 1. The largest absolute Gasteiger partial charge is 0.478 e. The highest BCUT2D eigenvalue weighted by molar-refractivity contribution is 9.10. The lowest BCUT2D eigenvalue weighted by Crippen LogP contribution is -2.31. The number of hydrogen-bond acceptors (Lipinski definition) is 4. The van der Waals surface area contributed by atoms with Crippen molar-refractivity contribution in [1.82, 2.24) is 4.90 Å². The molecule has 0 N–H and O–H groups in total. The van der Waals surface area contributed by atoms with Crippen molar-refractivity contribution in [3.63, 3.8) is 0 Å². The molecule has 0 unspecified atom stereocenters. The number of allylic oxidation sites excluding steroid dienone is 1. The second-order valence-corrected chi connectivity index (χ2v) is 8.44. The number of aryl methyl sites for hydroxylation is 1. The fraction of sp³-hybridized carbons (Fsp3) is 0.160. The number of Topliss-reactive ketones (excluding diaryl/α,β-unsaturated/α-hetero) is 1. The summed E-state index contributed by atoms with van der Waals surface area (Å²) in [6.45, 7) is 3.88. The minimum Gasteiger partial charge on any atom is -0.478 e. The predicted octanol–water partition coefficient (Wildman–Crippen LogP) is 5.73. The monoisotopic (exact) mass is 461 g/mol. The van der Waals surface area contributed by atoms with E-state index in [0.717, 1.165) is 33.5 Å². The topological polar surface area (TPSA) is 38.8 Å². The molecule has 150 valence electrons. The molecule has 0 aliphatic carbocycles. The molecule has 0 amide bonds. The summed E-state index contributed by atoms with van der Waals surface area (Å²) in [5.74, 6) is 1.69. The van der Waals surface area contributed by atoms with Crippen molar-refractivity contribution >= 4 is 27.8 Å². The van der Waals surface area contributed by atoms with Gasteiger partial charge in [0.25, 0.3) is 0 Å².